The number of hydrogen-bond donors (Lipinski definition) is 2. The maximum Gasteiger partial charge on any atom is 0.0931 e. The Labute approximate surface area is 87.1 Å². The second-order valence-electron chi connectivity index (χ2n) is 3.67. The lowest BCUT2D eigenvalue weighted by Crippen LogP contribution is -2.35. The number of halogens is 1. The summed E-state index contributed by atoms with van der Waals surface area (Å²) in [6.45, 7) is 1.80. The minimum absolute atomic E-state index is 0.0983. The summed E-state index contributed by atoms with van der Waals surface area (Å²) in [6, 6.07) is 3.98. The van der Waals surface area contributed by atoms with Crippen molar-refractivity contribution < 1.29 is 0 Å². The van der Waals surface area contributed by atoms with Crippen LogP contribution in [0.1, 0.15) is 17.7 Å². The summed E-state index contributed by atoms with van der Waals surface area (Å²) in [6.07, 6.45) is 2.32. The van der Waals surface area contributed by atoms with Crippen molar-refractivity contribution in [2.45, 2.75) is 24.9 Å². The van der Waals surface area contributed by atoms with Gasteiger partial charge in [-0.2, -0.15) is 0 Å². The highest BCUT2D eigenvalue weighted by molar-refractivity contribution is 7.16. The summed E-state index contributed by atoms with van der Waals surface area (Å²) >= 11 is 7.43. The Kier molecular flexibility index (Phi) is 2.60. The highest BCUT2D eigenvalue weighted by Crippen LogP contribution is 2.31. The summed E-state index contributed by atoms with van der Waals surface area (Å²) in [5.74, 6) is 0. The molecule has 1 fully saturated rings. The summed E-state index contributed by atoms with van der Waals surface area (Å²) in [7, 11) is 0. The van der Waals surface area contributed by atoms with E-state index in [0.717, 1.165) is 30.3 Å². The van der Waals surface area contributed by atoms with Crippen LogP contribution in [0.3, 0.4) is 0 Å². The number of rotatable bonds is 4. The zero-order valence-corrected chi connectivity index (χ0v) is 8.92. The van der Waals surface area contributed by atoms with Gasteiger partial charge in [-0.25, -0.2) is 0 Å². The van der Waals surface area contributed by atoms with Gasteiger partial charge in [0.1, 0.15) is 0 Å². The Hall–Kier alpha value is -0.0900. The van der Waals surface area contributed by atoms with Crippen molar-refractivity contribution in [1.29, 1.82) is 0 Å². The van der Waals surface area contributed by atoms with Gasteiger partial charge < -0.3 is 11.1 Å². The van der Waals surface area contributed by atoms with Gasteiger partial charge >= 0.3 is 0 Å². The fraction of sp³-hybridized carbons (Fsp3) is 0.556. The second-order valence-corrected chi connectivity index (χ2v) is 5.47. The topological polar surface area (TPSA) is 38.0 Å². The number of nitrogens with two attached hydrogens (primary N) is 1. The van der Waals surface area contributed by atoms with Crippen LogP contribution in [-0.2, 0) is 6.54 Å². The summed E-state index contributed by atoms with van der Waals surface area (Å²) in [5, 5.41) is 3.34. The van der Waals surface area contributed by atoms with E-state index in [1.807, 2.05) is 6.07 Å². The van der Waals surface area contributed by atoms with Gasteiger partial charge in [0.25, 0.3) is 0 Å². The highest BCUT2D eigenvalue weighted by Gasteiger charge is 2.37. The van der Waals surface area contributed by atoms with E-state index < -0.39 is 0 Å². The van der Waals surface area contributed by atoms with Crippen molar-refractivity contribution in [2.24, 2.45) is 5.73 Å². The van der Waals surface area contributed by atoms with Crippen molar-refractivity contribution in [3.05, 3.63) is 21.3 Å². The molecule has 0 aliphatic heterocycles. The molecule has 0 radical (unpaired) electrons. The van der Waals surface area contributed by atoms with Crippen LogP contribution in [0.15, 0.2) is 12.1 Å². The van der Waals surface area contributed by atoms with E-state index in [1.54, 1.807) is 11.3 Å². The van der Waals surface area contributed by atoms with Crippen molar-refractivity contribution in [3.8, 4) is 0 Å². The minimum Gasteiger partial charge on any atom is -0.324 e. The van der Waals surface area contributed by atoms with Crippen LogP contribution in [0, 0.1) is 0 Å². The van der Waals surface area contributed by atoms with Gasteiger partial charge in [0.2, 0.25) is 0 Å². The van der Waals surface area contributed by atoms with Gasteiger partial charge in [0.05, 0.1) is 4.34 Å². The molecular formula is C9H13ClN2S. The Balaban J connectivity index is 1.73. The molecule has 1 aromatic heterocycles. The van der Waals surface area contributed by atoms with Gasteiger partial charge in [0, 0.05) is 23.5 Å². The number of nitrogens with one attached hydrogen (secondary N) is 1. The first-order valence-corrected chi connectivity index (χ1v) is 5.61. The van der Waals surface area contributed by atoms with Gasteiger partial charge in [-0.05, 0) is 25.0 Å². The quantitative estimate of drug-likeness (QED) is 0.808. The average Bonchev–Trinajstić information content (AvgIpc) is 2.65. The predicted molar refractivity (Wildman–Crippen MR) is 57.2 cm³/mol. The monoisotopic (exact) mass is 216 g/mol. The Morgan fingerprint density at radius 1 is 1.54 bits per heavy atom. The molecule has 0 bridgehead atoms. The third-order valence-electron chi connectivity index (χ3n) is 2.30. The van der Waals surface area contributed by atoms with E-state index in [-0.39, 0.29) is 5.54 Å². The molecule has 1 aromatic rings. The fourth-order valence-corrected chi connectivity index (χ4v) is 2.28. The molecule has 1 saturated carbocycles. The number of thiophene rings is 1. The molecule has 13 heavy (non-hydrogen) atoms. The van der Waals surface area contributed by atoms with E-state index in [2.05, 4.69) is 11.4 Å². The van der Waals surface area contributed by atoms with Crippen LogP contribution in [-0.4, -0.2) is 12.1 Å². The molecule has 3 N–H and O–H groups in total. The van der Waals surface area contributed by atoms with E-state index in [4.69, 9.17) is 17.3 Å². The molecule has 4 heteroatoms. The maximum atomic E-state index is 5.93. The smallest absolute Gasteiger partial charge is 0.0931 e. The molecule has 1 heterocycles. The minimum atomic E-state index is 0.0983. The summed E-state index contributed by atoms with van der Waals surface area (Å²) < 4.78 is 0.852. The van der Waals surface area contributed by atoms with Crippen LogP contribution >= 0.6 is 22.9 Å². The first kappa shape index (κ1) is 9.46. The van der Waals surface area contributed by atoms with Gasteiger partial charge in [-0.15, -0.1) is 11.3 Å². The first-order chi connectivity index (χ1) is 6.18. The van der Waals surface area contributed by atoms with E-state index >= 15 is 0 Å². The molecule has 72 valence electrons. The second kappa shape index (κ2) is 3.58. The molecule has 1 aliphatic rings. The molecule has 2 nitrogen and oxygen atoms in total. The van der Waals surface area contributed by atoms with Crippen molar-refractivity contribution >= 4 is 22.9 Å². The third kappa shape index (κ3) is 2.68. The van der Waals surface area contributed by atoms with Crippen molar-refractivity contribution in [2.75, 3.05) is 6.54 Å². The van der Waals surface area contributed by atoms with Gasteiger partial charge in [-0.1, -0.05) is 11.6 Å². The van der Waals surface area contributed by atoms with Crippen LogP contribution < -0.4 is 11.1 Å². The largest absolute Gasteiger partial charge is 0.324 e. The average molecular weight is 217 g/mol. The lowest BCUT2D eigenvalue weighted by atomic mass is 10.3. The van der Waals surface area contributed by atoms with E-state index in [9.17, 15) is 0 Å². The Morgan fingerprint density at radius 2 is 2.31 bits per heavy atom. The zero-order valence-electron chi connectivity index (χ0n) is 7.35. The molecule has 0 unspecified atom stereocenters. The van der Waals surface area contributed by atoms with Crippen LogP contribution in [0.5, 0.6) is 0 Å². The van der Waals surface area contributed by atoms with E-state index in [1.165, 1.54) is 4.88 Å². The third-order valence-corrected chi connectivity index (χ3v) is 3.53. The summed E-state index contributed by atoms with van der Waals surface area (Å²) in [4.78, 5) is 1.27. The fourth-order valence-electron chi connectivity index (χ4n) is 1.22. The molecule has 1 aliphatic carbocycles. The highest BCUT2D eigenvalue weighted by atomic mass is 35.5. The normalized spacial score (nSPS) is 18.9. The lowest BCUT2D eigenvalue weighted by molar-refractivity contribution is 0.572. The molecule has 0 spiro atoms. The van der Waals surface area contributed by atoms with Gasteiger partial charge in [-0.3, -0.25) is 0 Å². The summed E-state index contributed by atoms with van der Waals surface area (Å²) in [5.41, 5.74) is 6.03. The standard InChI is InChI=1S/C9H13ClN2S/c10-8-2-1-7(13-8)5-12-6-9(11)3-4-9/h1-2,12H,3-6,11H2. The maximum absolute atomic E-state index is 5.93. The van der Waals surface area contributed by atoms with Crippen LogP contribution in [0.2, 0.25) is 4.34 Å². The lowest BCUT2D eigenvalue weighted by Gasteiger charge is -2.08. The van der Waals surface area contributed by atoms with Crippen LogP contribution in [0.4, 0.5) is 0 Å². The molecule has 0 saturated heterocycles. The molecule has 2 rings (SSSR count). The Bertz CT molecular complexity index is 294. The molecule has 0 atom stereocenters. The first-order valence-electron chi connectivity index (χ1n) is 4.42. The van der Waals surface area contributed by atoms with Crippen LogP contribution in [0.25, 0.3) is 0 Å². The molecule has 0 aromatic carbocycles. The number of hydrogen-bond acceptors (Lipinski definition) is 3. The van der Waals surface area contributed by atoms with Gasteiger partial charge in [0.15, 0.2) is 0 Å². The van der Waals surface area contributed by atoms with E-state index in [0.29, 0.717) is 0 Å². The van der Waals surface area contributed by atoms with Crippen molar-refractivity contribution in [1.82, 2.24) is 5.32 Å². The zero-order chi connectivity index (χ0) is 9.31. The SMILES string of the molecule is NC1(CNCc2ccc(Cl)s2)CC1. The predicted octanol–water partition coefficient (Wildman–Crippen LogP) is 1.98. The van der Waals surface area contributed by atoms with Crippen molar-refractivity contribution in [3.63, 3.8) is 0 Å². The Morgan fingerprint density at radius 3 is 2.85 bits per heavy atom. The molecular weight excluding hydrogens is 204 g/mol. The molecule has 0 amide bonds.